The summed E-state index contributed by atoms with van der Waals surface area (Å²) >= 11 is 6.05. The van der Waals surface area contributed by atoms with E-state index in [9.17, 15) is 14.0 Å². The van der Waals surface area contributed by atoms with Gasteiger partial charge in [-0.3, -0.25) is 14.2 Å². The highest BCUT2D eigenvalue weighted by atomic mass is 35.5. The van der Waals surface area contributed by atoms with Gasteiger partial charge in [-0.1, -0.05) is 43.5 Å². The molecule has 0 bridgehead atoms. The van der Waals surface area contributed by atoms with Gasteiger partial charge in [0.1, 0.15) is 11.6 Å². The van der Waals surface area contributed by atoms with E-state index >= 15 is 0 Å². The van der Waals surface area contributed by atoms with Crippen LogP contribution in [0.4, 0.5) is 4.39 Å². The molecule has 0 radical (unpaired) electrons. The molecule has 0 aliphatic heterocycles. The van der Waals surface area contributed by atoms with Crippen LogP contribution in [0.5, 0.6) is 0 Å². The number of aromatic nitrogens is 2. The number of hydrogen-bond donors (Lipinski definition) is 0. The van der Waals surface area contributed by atoms with Gasteiger partial charge in [-0.15, -0.1) is 0 Å². The van der Waals surface area contributed by atoms with Crippen LogP contribution in [0, 0.1) is 11.7 Å². The van der Waals surface area contributed by atoms with Crippen molar-refractivity contribution in [1.29, 1.82) is 0 Å². The smallest absolute Gasteiger partial charge is 0.266 e. The van der Waals surface area contributed by atoms with Gasteiger partial charge in [0.15, 0.2) is 0 Å². The van der Waals surface area contributed by atoms with Crippen LogP contribution in [-0.2, 0) is 4.79 Å². The van der Waals surface area contributed by atoms with Crippen LogP contribution in [0.2, 0.25) is 5.02 Å². The summed E-state index contributed by atoms with van der Waals surface area (Å²) in [5.41, 5.74) is 0.730. The molecular weight excluding hydrogens is 429 g/mol. The van der Waals surface area contributed by atoms with Gasteiger partial charge in [0, 0.05) is 12.5 Å². The Hall–Kier alpha value is -2.73. The molecule has 1 unspecified atom stereocenters. The highest BCUT2D eigenvalue weighted by Crippen LogP contribution is 2.32. The van der Waals surface area contributed by atoms with Crippen LogP contribution in [0.25, 0.3) is 16.6 Å². The van der Waals surface area contributed by atoms with Gasteiger partial charge >= 0.3 is 0 Å². The number of hydrogen-bond acceptors (Lipinski definition) is 3. The number of amides is 1. The van der Waals surface area contributed by atoms with Crippen molar-refractivity contribution in [2.24, 2.45) is 5.92 Å². The minimum Gasteiger partial charge on any atom is -0.333 e. The zero-order valence-corrected chi connectivity index (χ0v) is 19.1. The third-order valence-corrected chi connectivity index (χ3v) is 6.64. The summed E-state index contributed by atoms with van der Waals surface area (Å²) < 4.78 is 15.3. The molecule has 4 rings (SSSR count). The summed E-state index contributed by atoms with van der Waals surface area (Å²) in [5.74, 6) is 0.0392. The zero-order valence-electron chi connectivity index (χ0n) is 18.4. The quantitative estimate of drug-likeness (QED) is 0.481. The van der Waals surface area contributed by atoms with Crippen molar-refractivity contribution in [1.82, 2.24) is 14.5 Å². The van der Waals surface area contributed by atoms with Gasteiger partial charge in [0.2, 0.25) is 5.91 Å². The molecule has 1 fully saturated rings. The molecule has 1 atom stereocenters. The first kappa shape index (κ1) is 22.5. The molecule has 0 N–H and O–H groups in total. The monoisotopic (exact) mass is 455 g/mol. The van der Waals surface area contributed by atoms with E-state index in [2.05, 4.69) is 0 Å². The van der Waals surface area contributed by atoms with Crippen molar-refractivity contribution in [3.05, 3.63) is 69.5 Å². The topological polar surface area (TPSA) is 55.2 Å². The minimum absolute atomic E-state index is 0.0184. The molecule has 0 spiro atoms. The molecule has 0 saturated heterocycles. The molecule has 3 aromatic rings. The van der Waals surface area contributed by atoms with Gasteiger partial charge in [-0.2, -0.15) is 0 Å². The van der Waals surface area contributed by atoms with Crippen molar-refractivity contribution < 1.29 is 9.18 Å². The molecule has 1 amide bonds. The Morgan fingerprint density at radius 2 is 1.94 bits per heavy atom. The molecule has 1 aliphatic carbocycles. The number of nitrogens with zero attached hydrogens (tertiary/aromatic N) is 3. The minimum atomic E-state index is -0.558. The maximum absolute atomic E-state index is 13.9. The summed E-state index contributed by atoms with van der Waals surface area (Å²) in [6, 6.07) is 10.9. The SMILES string of the molecule is CCC(c1nc2ccccc2c(=O)n1-c1ccc(F)c(Cl)c1)N(CC)C(=O)C1CCCC1. The number of fused-ring (bicyclic) bond motifs is 1. The standard InChI is InChI=1S/C25H27ClFN3O2/c1-3-22(29(4-2)24(31)16-9-5-6-10-16)23-28-21-12-8-7-11-18(21)25(32)30(23)17-13-14-20(27)19(26)15-17/h7-8,11-16,22H,3-6,9-10H2,1-2H3. The molecule has 1 saturated carbocycles. The van der Waals surface area contributed by atoms with E-state index in [1.54, 1.807) is 18.2 Å². The molecule has 1 heterocycles. The average Bonchev–Trinajstić information content (AvgIpc) is 3.34. The Morgan fingerprint density at radius 1 is 1.22 bits per heavy atom. The summed E-state index contributed by atoms with van der Waals surface area (Å²) in [6.07, 6.45) is 4.52. The van der Waals surface area contributed by atoms with E-state index < -0.39 is 11.9 Å². The maximum Gasteiger partial charge on any atom is 0.266 e. The lowest BCUT2D eigenvalue weighted by atomic mass is 10.0. The average molecular weight is 456 g/mol. The summed E-state index contributed by atoms with van der Waals surface area (Å²) in [4.78, 5) is 33.7. The Kier molecular flexibility index (Phi) is 6.60. The van der Waals surface area contributed by atoms with E-state index in [1.807, 2.05) is 24.8 Å². The third kappa shape index (κ3) is 4.04. The molecule has 1 aromatic heterocycles. The number of carbonyl (C=O) groups excluding carboxylic acids is 1. The number of para-hydroxylation sites is 1. The van der Waals surface area contributed by atoms with Crippen LogP contribution in [0.3, 0.4) is 0 Å². The molecule has 2 aromatic carbocycles. The first-order chi connectivity index (χ1) is 15.5. The fourth-order valence-corrected chi connectivity index (χ4v) is 4.90. The van der Waals surface area contributed by atoms with Crippen molar-refractivity contribution in [2.75, 3.05) is 6.54 Å². The second-order valence-electron chi connectivity index (χ2n) is 8.26. The summed E-state index contributed by atoms with van der Waals surface area (Å²) in [7, 11) is 0. The Balaban J connectivity index is 1.93. The second kappa shape index (κ2) is 9.41. The van der Waals surface area contributed by atoms with Crippen molar-refractivity contribution >= 4 is 28.4 Å². The zero-order chi connectivity index (χ0) is 22.8. The van der Waals surface area contributed by atoms with Gasteiger partial charge in [-0.05, 0) is 56.5 Å². The number of rotatable bonds is 6. The third-order valence-electron chi connectivity index (χ3n) is 6.35. The molecule has 168 valence electrons. The van der Waals surface area contributed by atoms with Gasteiger partial charge in [0.25, 0.3) is 5.56 Å². The first-order valence-corrected chi connectivity index (χ1v) is 11.6. The maximum atomic E-state index is 13.9. The van der Waals surface area contributed by atoms with Crippen LogP contribution in [-0.4, -0.2) is 26.9 Å². The van der Waals surface area contributed by atoms with E-state index in [0.717, 1.165) is 25.7 Å². The van der Waals surface area contributed by atoms with Crippen molar-refractivity contribution in [3.8, 4) is 5.69 Å². The van der Waals surface area contributed by atoms with Crippen LogP contribution in [0.1, 0.15) is 57.8 Å². The van der Waals surface area contributed by atoms with Gasteiger partial charge in [0.05, 0.1) is 27.7 Å². The normalized spacial score (nSPS) is 15.2. The van der Waals surface area contributed by atoms with E-state index in [1.165, 1.54) is 22.8 Å². The van der Waals surface area contributed by atoms with Crippen LogP contribution < -0.4 is 5.56 Å². The fourth-order valence-electron chi connectivity index (χ4n) is 4.73. The molecule has 1 aliphatic rings. The predicted octanol–water partition coefficient (Wildman–Crippen LogP) is 5.67. The van der Waals surface area contributed by atoms with Crippen LogP contribution >= 0.6 is 11.6 Å². The predicted molar refractivity (Wildman–Crippen MR) is 125 cm³/mol. The Labute approximate surface area is 191 Å². The number of halogens is 2. The lowest BCUT2D eigenvalue weighted by molar-refractivity contribution is -0.138. The van der Waals surface area contributed by atoms with Crippen molar-refractivity contribution in [3.63, 3.8) is 0 Å². The summed E-state index contributed by atoms with van der Waals surface area (Å²) in [5, 5.41) is 0.382. The number of benzene rings is 2. The van der Waals surface area contributed by atoms with Crippen molar-refractivity contribution in [2.45, 2.75) is 52.0 Å². The summed E-state index contributed by atoms with van der Waals surface area (Å²) in [6.45, 7) is 4.45. The fraction of sp³-hybridized carbons (Fsp3) is 0.400. The Morgan fingerprint density at radius 3 is 2.59 bits per heavy atom. The lowest BCUT2D eigenvalue weighted by Gasteiger charge is -2.33. The lowest BCUT2D eigenvalue weighted by Crippen LogP contribution is -2.41. The second-order valence-corrected chi connectivity index (χ2v) is 8.66. The molecule has 7 heteroatoms. The van der Waals surface area contributed by atoms with Gasteiger partial charge in [-0.25, -0.2) is 9.37 Å². The van der Waals surface area contributed by atoms with Gasteiger partial charge < -0.3 is 4.90 Å². The van der Waals surface area contributed by atoms with E-state index in [0.29, 0.717) is 35.4 Å². The largest absolute Gasteiger partial charge is 0.333 e. The number of carbonyl (C=O) groups is 1. The molecule has 32 heavy (non-hydrogen) atoms. The highest BCUT2D eigenvalue weighted by molar-refractivity contribution is 6.30. The first-order valence-electron chi connectivity index (χ1n) is 11.2. The van der Waals surface area contributed by atoms with E-state index in [4.69, 9.17) is 16.6 Å². The highest BCUT2D eigenvalue weighted by Gasteiger charge is 2.33. The molecule has 5 nitrogen and oxygen atoms in total. The van der Waals surface area contributed by atoms with E-state index in [-0.39, 0.29) is 22.4 Å². The Bertz CT molecular complexity index is 1200. The molecular formula is C25H27ClFN3O2. The van der Waals surface area contributed by atoms with Crippen LogP contribution in [0.15, 0.2) is 47.3 Å².